The van der Waals surface area contributed by atoms with E-state index in [1.54, 1.807) is 24.3 Å². The molecule has 0 saturated carbocycles. The van der Waals surface area contributed by atoms with Gasteiger partial charge in [0.05, 0.1) is 19.2 Å². The van der Waals surface area contributed by atoms with Gasteiger partial charge in [0.2, 0.25) is 5.84 Å². The normalized spacial score (nSPS) is 18.9. The molecule has 0 aliphatic carbocycles. The van der Waals surface area contributed by atoms with Gasteiger partial charge in [-0.2, -0.15) is 4.99 Å². The molecule has 1 atom stereocenters. The molecule has 8 nitrogen and oxygen atoms in total. The van der Waals surface area contributed by atoms with Crippen molar-refractivity contribution in [2.45, 2.75) is 6.54 Å². The molecule has 9 heteroatoms. The molecule has 1 aliphatic rings. The molecule has 1 aliphatic heterocycles. The number of para-hydroxylation sites is 1. The molecule has 2 aromatic rings. The molecule has 0 fully saturated rings. The second kappa shape index (κ2) is 8.44. The lowest BCUT2D eigenvalue weighted by Crippen LogP contribution is -2.58. The Bertz CT molecular complexity index is 1050. The lowest BCUT2D eigenvalue weighted by atomic mass is 10.0. The molecule has 3 rings (SSSR count). The SMILES string of the molecule is C[N+]1(Cc2ccc(F)cc2)C(=O)C([O-])=C(C(=O)O)N=C1c1ccccc1NCCO. The third kappa shape index (κ3) is 3.93. The molecule has 30 heavy (non-hydrogen) atoms. The number of hydrogen-bond donors (Lipinski definition) is 3. The Hall–Kier alpha value is -3.56. The number of carboxylic acid groups (broad SMARTS) is 1. The fourth-order valence-corrected chi connectivity index (χ4v) is 3.28. The van der Waals surface area contributed by atoms with Crippen molar-refractivity contribution in [3.63, 3.8) is 0 Å². The van der Waals surface area contributed by atoms with Crippen LogP contribution >= 0.6 is 0 Å². The number of anilines is 1. The first kappa shape index (κ1) is 21.2. The number of amides is 1. The topological polar surface area (TPSA) is 122 Å². The van der Waals surface area contributed by atoms with Gasteiger partial charge in [0.1, 0.15) is 12.4 Å². The highest BCUT2D eigenvalue weighted by Crippen LogP contribution is 2.30. The van der Waals surface area contributed by atoms with Gasteiger partial charge < -0.3 is 20.6 Å². The summed E-state index contributed by atoms with van der Waals surface area (Å²) < 4.78 is 12.7. The Kier molecular flexibility index (Phi) is 5.95. The van der Waals surface area contributed by atoms with Crippen LogP contribution in [0.25, 0.3) is 0 Å². The third-order valence-corrected chi connectivity index (χ3v) is 4.75. The number of aliphatic imine (C=N–C) groups is 1. The first-order valence-corrected chi connectivity index (χ1v) is 9.10. The van der Waals surface area contributed by atoms with Crippen LogP contribution in [0.15, 0.2) is 65.0 Å². The highest BCUT2D eigenvalue weighted by atomic mass is 19.1. The van der Waals surface area contributed by atoms with Crippen molar-refractivity contribution in [3.05, 3.63) is 76.9 Å². The van der Waals surface area contributed by atoms with Crippen molar-refractivity contribution in [2.24, 2.45) is 4.99 Å². The van der Waals surface area contributed by atoms with Crippen LogP contribution in [-0.4, -0.2) is 52.6 Å². The predicted octanol–water partition coefficient (Wildman–Crippen LogP) is 0.820. The average Bonchev–Trinajstić information content (AvgIpc) is 2.73. The molecule has 0 spiro atoms. The third-order valence-electron chi connectivity index (χ3n) is 4.75. The monoisotopic (exact) mass is 413 g/mol. The Morgan fingerprint density at radius 1 is 1.20 bits per heavy atom. The van der Waals surface area contributed by atoms with Crippen LogP contribution < -0.4 is 10.4 Å². The fourth-order valence-electron chi connectivity index (χ4n) is 3.28. The second-order valence-corrected chi connectivity index (χ2v) is 6.90. The van der Waals surface area contributed by atoms with Crippen molar-refractivity contribution in [1.29, 1.82) is 0 Å². The minimum absolute atomic E-state index is 0.0368. The number of carbonyl (C=O) groups is 2. The zero-order valence-electron chi connectivity index (χ0n) is 16.1. The maximum absolute atomic E-state index is 13.3. The summed E-state index contributed by atoms with van der Waals surface area (Å²) in [7, 11) is 1.46. The van der Waals surface area contributed by atoms with Gasteiger partial charge in [-0.05, 0) is 24.3 Å². The predicted molar refractivity (Wildman–Crippen MR) is 105 cm³/mol. The van der Waals surface area contributed by atoms with E-state index < -0.39 is 33.6 Å². The van der Waals surface area contributed by atoms with Gasteiger partial charge in [-0.15, -0.1) is 0 Å². The van der Waals surface area contributed by atoms with E-state index in [0.717, 1.165) is 0 Å². The van der Waals surface area contributed by atoms with Crippen molar-refractivity contribution >= 4 is 23.4 Å². The average molecular weight is 413 g/mol. The van der Waals surface area contributed by atoms with E-state index in [1.807, 2.05) is 0 Å². The first-order valence-electron chi connectivity index (χ1n) is 9.10. The molecule has 3 N–H and O–H groups in total. The molecule has 1 amide bonds. The van der Waals surface area contributed by atoms with Crippen LogP contribution in [0.1, 0.15) is 11.1 Å². The Balaban J connectivity index is 2.18. The summed E-state index contributed by atoms with van der Waals surface area (Å²) in [5.41, 5.74) is 0.629. The number of rotatable bonds is 7. The summed E-state index contributed by atoms with van der Waals surface area (Å²) in [6, 6.07) is 12.2. The summed E-state index contributed by atoms with van der Waals surface area (Å²) in [6.07, 6.45) is 0. The molecule has 0 radical (unpaired) electrons. The number of nitrogens with one attached hydrogen (secondary N) is 1. The zero-order chi connectivity index (χ0) is 21.9. The number of likely N-dealkylation sites (N-methyl/N-ethyl adjacent to an activating group) is 1. The summed E-state index contributed by atoms with van der Waals surface area (Å²) in [6.45, 7) is 0.0334. The summed E-state index contributed by atoms with van der Waals surface area (Å²) in [5.74, 6) is -4.14. The number of hydrogen-bond acceptors (Lipinski definition) is 6. The molecule has 156 valence electrons. The van der Waals surface area contributed by atoms with Gasteiger partial charge in [-0.25, -0.2) is 18.5 Å². The summed E-state index contributed by atoms with van der Waals surface area (Å²) >= 11 is 0. The number of carbonyl (C=O) groups excluding carboxylic acids is 1. The van der Waals surface area contributed by atoms with Gasteiger partial charge in [-0.1, -0.05) is 24.3 Å². The van der Waals surface area contributed by atoms with E-state index in [9.17, 15) is 24.2 Å². The number of aliphatic carboxylic acids is 1. The lowest BCUT2D eigenvalue weighted by molar-refractivity contribution is -0.757. The number of quaternary nitrogens is 1. The number of benzene rings is 2. The zero-order valence-corrected chi connectivity index (χ0v) is 16.1. The highest BCUT2D eigenvalue weighted by Gasteiger charge is 2.44. The number of amidine groups is 1. The molecular weight excluding hydrogens is 393 g/mol. The largest absolute Gasteiger partial charge is 0.864 e. The summed E-state index contributed by atoms with van der Waals surface area (Å²) in [5, 5.41) is 34.0. The van der Waals surface area contributed by atoms with Crippen LogP contribution in [0, 0.1) is 5.82 Å². The van der Waals surface area contributed by atoms with E-state index in [0.29, 0.717) is 16.8 Å². The Labute approximate surface area is 171 Å². The van der Waals surface area contributed by atoms with Crippen molar-refractivity contribution in [1.82, 2.24) is 0 Å². The minimum atomic E-state index is -1.60. The van der Waals surface area contributed by atoms with Crippen LogP contribution in [0.3, 0.4) is 0 Å². The number of aliphatic hydroxyl groups excluding tert-OH is 1. The lowest BCUT2D eigenvalue weighted by Gasteiger charge is -2.37. The molecular formula is C21H20FN3O5. The van der Waals surface area contributed by atoms with Crippen molar-refractivity contribution < 1.29 is 33.8 Å². The molecule has 1 heterocycles. The van der Waals surface area contributed by atoms with Gasteiger partial charge in [-0.3, -0.25) is 0 Å². The molecule has 0 aromatic heterocycles. The van der Waals surface area contributed by atoms with Gasteiger partial charge in [0.25, 0.3) is 0 Å². The van der Waals surface area contributed by atoms with E-state index in [-0.39, 0.29) is 25.5 Å². The number of nitrogens with zero attached hydrogens (tertiary/aromatic N) is 2. The van der Waals surface area contributed by atoms with Gasteiger partial charge in [0, 0.05) is 23.6 Å². The van der Waals surface area contributed by atoms with Crippen LogP contribution in [-0.2, 0) is 16.1 Å². The standard InChI is InChI=1S/C21H20FN3O5/c1-25(12-13-6-8-14(22)9-7-13)19(24-17(21(29)30)18(27)20(25)28)15-4-2-3-5-16(15)23-10-11-26/h2-9,26H,10-12H2,1H3,(H2-,23,24,27,28,29,30). The first-order chi connectivity index (χ1) is 14.3. The quantitative estimate of drug-likeness (QED) is 0.578. The highest BCUT2D eigenvalue weighted by molar-refractivity contribution is 6.12. The number of halogens is 1. The number of carboxylic acids is 1. The Morgan fingerprint density at radius 3 is 2.50 bits per heavy atom. The second-order valence-electron chi connectivity index (χ2n) is 6.90. The molecule has 2 aromatic carbocycles. The minimum Gasteiger partial charge on any atom is -0.864 e. The van der Waals surface area contributed by atoms with Gasteiger partial charge >= 0.3 is 11.9 Å². The maximum Gasteiger partial charge on any atom is 0.354 e. The van der Waals surface area contributed by atoms with Crippen LogP contribution in [0.2, 0.25) is 0 Å². The Morgan fingerprint density at radius 2 is 1.87 bits per heavy atom. The van der Waals surface area contributed by atoms with E-state index in [4.69, 9.17) is 5.11 Å². The molecule has 0 saturated heterocycles. The van der Waals surface area contributed by atoms with Crippen molar-refractivity contribution in [2.75, 3.05) is 25.5 Å². The van der Waals surface area contributed by atoms with Crippen LogP contribution in [0.4, 0.5) is 10.1 Å². The fraction of sp³-hybridized carbons (Fsp3) is 0.190. The smallest absolute Gasteiger partial charge is 0.354 e. The van der Waals surface area contributed by atoms with Crippen LogP contribution in [0.5, 0.6) is 0 Å². The van der Waals surface area contributed by atoms with E-state index in [1.165, 1.54) is 31.3 Å². The molecule has 1 unspecified atom stereocenters. The number of aliphatic hydroxyl groups is 1. The van der Waals surface area contributed by atoms with E-state index in [2.05, 4.69) is 10.3 Å². The summed E-state index contributed by atoms with van der Waals surface area (Å²) in [4.78, 5) is 28.7. The maximum atomic E-state index is 13.3. The van der Waals surface area contributed by atoms with Gasteiger partial charge in [0.15, 0.2) is 5.70 Å². The van der Waals surface area contributed by atoms with E-state index >= 15 is 0 Å². The molecule has 0 bridgehead atoms. The van der Waals surface area contributed by atoms with Crippen molar-refractivity contribution in [3.8, 4) is 0 Å².